The zero-order valence-corrected chi connectivity index (χ0v) is 16.8. The lowest BCUT2D eigenvalue weighted by atomic mass is 9.95. The number of carbonyl (C=O) groups is 1. The summed E-state index contributed by atoms with van der Waals surface area (Å²) in [6.07, 6.45) is 1.86. The normalized spacial score (nSPS) is 22.5. The molecule has 154 valence electrons. The Bertz CT molecular complexity index is 666. The number of aromatic nitrogens is 2. The number of rotatable bonds is 4. The number of carbonyl (C=O) groups excluding carboxylic acids is 1. The molecule has 3 aliphatic rings. The Balaban J connectivity index is 1.34. The molecular formula is C20H31N5O3. The van der Waals surface area contributed by atoms with Gasteiger partial charge in [0.05, 0.1) is 33.0 Å². The van der Waals surface area contributed by atoms with Gasteiger partial charge in [0.25, 0.3) is 0 Å². The van der Waals surface area contributed by atoms with E-state index in [1.165, 1.54) is 0 Å². The maximum absolute atomic E-state index is 12.6. The van der Waals surface area contributed by atoms with Gasteiger partial charge in [0.1, 0.15) is 11.6 Å². The Labute approximate surface area is 166 Å². The van der Waals surface area contributed by atoms with Gasteiger partial charge in [-0.3, -0.25) is 9.69 Å². The molecular weight excluding hydrogens is 358 g/mol. The zero-order chi connectivity index (χ0) is 19.3. The molecule has 0 spiro atoms. The number of piperidine rings is 1. The van der Waals surface area contributed by atoms with Crippen LogP contribution in [0.4, 0.5) is 5.82 Å². The van der Waals surface area contributed by atoms with Gasteiger partial charge < -0.3 is 19.3 Å². The highest BCUT2D eigenvalue weighted by Crippen LogP contribution is 2.27. The molecule has 3 saturated heterocycles. The van der Waals surface area contributed by atoms with Crippen LogP contribution in [0.5, 0.6) is 0 Å². The van der Waals surface area contributed by atoms with E-state index in [0.29, 0.717) is 12.5 Å². The number of ether oxygens (including phenoxy) is 2. The van der Waals surface area contributed by atoms with Crippen molar-refractivity contribution in [3.8, 4) is 0 Å². The minimum absolute atomic E-state index is 0.236. The molecule has 8 nitrogen and oxygen atoms in total. The third-order valence-corrected chi connectivity index (χ3v) is 5.87. The number of nitrogens with zero attached hydrogens (tertiary/aromatic N) is 5. The van der Waals surface area contributed by atoms with Gasteiger partial charge in [-0.1, -0.05) is 0 Å². The molecule has 0 N–H and O–H groups in total. The van der Waals surface area contributed by atoms with Crippen LogP contribution in [0.3, 0.4) is 0 Å². The van der Waals surface area contributed by atoms with Gasteiger partial charge in [-0.05, 0) is 19.8 Å². The van der Waals surface area contributed by atoms with Crippen molar-refractivity contribution in [2.75, 3.05) is 77.1 Å². The predicted octanol–water partition coefficient (Wildman–Crippen LogP) is 0.660. The number of hydrogen-bond donors (Lipinski definition) is 0. The van der Waals surface area contributed by atoms with E-state index in [1.54, 1.807) is 0 Å². The van der Waals surface area contributed by atoms with Gasteiger partial charge in [-0.2, -0.15) is 0 Å². The lowest BCUT2D eigenvalue weighted by Gasteiger charge is -2.34. The van der Waals surface area contributed by atoms with Gasteiger partial charge in [0.15, 0.2) is 0 Å². The fourth-order valence-electron chi connectivity index (χ4n) is 4.15. The van der Waals surface area contributed by atoms with Crippen LogP contribution in [0.1, 0.15) is 30.3 Å². The van der Waals surface area contributed by atoms with Crippen LogP contribution >= 0.6 is 0 Å². The molecule has 3 aliphatic heterocycles. The van der Waals surface area contributed by atoms with Gasteiger partial charge in [0, 0.05) is 56.9 Å². The number of morpholine rings is 2. The fourth-order valence-corrected chi connectivity index (χ4v) is 4.15. The highest BCUT2D eigenvalue weighted by molar-refractivity contribution is 5.78. The molecule has 0 atom stereocenters. The summed E-state index contributed by atoms with van der Waals surface area (Å²) in [6.45, 7) is 10.5. The smallest absolute Gasteiger partial charge is 0.236 e. The van der Waals surface area contributed by atoms with E-state index in [2.05, 4.69) is 15.9 Å². The molecule has 0 saturated carbocycles. The Morgan fingerprint density at radius 3 is 2.32 bits per heavy atom. The third kappa shape index (κ3) is 4.79. The van der Waals surface area contributed by atoms with Crippen LogP contribution in [0, 0.1) is 6.92 Å². The van der Waals surface area contributed by atoms with Crippen LogP contribution in [0.15, 0.2) is 6.07 Å². The number of anilines is 1. The topological polar surface area (TPSA) is 71.0 Å². The maximum atomic E-state index is 12.6. The van der Waals surface area contributed by atoms with Crippen molar-refractivity contribution < 1.29 is 14.3 Å². The van der Waals surface area contributed by atoms with Crippen LogP contribution in [0.25, 0.3) is 0 Å². The largest absolute Gasteiger partial charge is 0.379 e. The van der Waals surface area contributed by atoms with E-state index in [0.717, 1.165) is 95.9 Å². The molecule has 0 bridgehead atoms. The molecule has 0 aromatic carbocycles. The molecule has 1 aromatic heterocycles. The Hall–Kier alpha value is -1.77. The van der Waals surface area contributed by atoms with Gasteiger partial charge >= 0.3 is 0 Å². The highest BCUT2D eigenvalue weighted by Gasteiger charge is 2.27. The monoisotopic (exact) mass is 389 g/mol. The third-order valence-electron chi connectivity index (χ3n) is 5.87. The summed E-state index contributed by atoms with van der Waals surface area (Å²) >= 11 is 0. The second-order valence-electron chi connectivity index (χ2n) is 7.87. The molecule has 3 fully saturated rings. The number of aryl methyl sites for hydroxylation is 1. The first-order valence-corrected chi connectivity index (χ1v) is 10.5. The summed E-state index contributed by atoms with van der Waals surface area (Å²) in [5, 5.41) is 0. The van der Waals surface area contributed by atoms with Crippen molar-refractivity contribution in [3.05, 3.63) is 17.6 Å². The summed E-state index contributed by atoms with van der Waals surface area (Å²) in [7, 11) is 0. The van der Waals surface area contributed by atoms with Crippen LogP contribution in [0.2, 0.25) is 0 Å². The first kappa shape index (κ1) is 19.5. The molecule has 0 aliphatic carbocycles. The first-order valence-electron chi connectivity index (χ1n) is 10.5. The number of hydrogen-bond acceptors (Lipinski definition) is 7. The SMILES string of the molecule is Cc1cc(N2CCOCC2)nc(C2CCN(C(=O)CN3CCOCC3)CC2)n1. The van der Waals surface area contributed by atoms with Crippen molar-refractivity contribution in [3.63, 3.8) is 0 Å². The van der Waals surface area contributed by atoms with E-state index in [9.17, 15) is 4.79 Å². The van der Waals surface area contributed by atoms with Crippen LogP contribution < -0.4 is 4.90 Å². The van der Waals surface area contributed by atoms with E-state index in [4.69, 9.17) is 19.4 Å². The molecule has 1 aromatic rings. The van der Waals surface area contributed by atoms with Crippen molar-refractivity contribution in [1.82, 2.24) is 19.8 Å². The summed E-state index contributed by atoms with van der Waals surface area (Å²) < 4.78 is 10.8. The summed E-state index contributed by atoms with van der Waals surface area (Å²) in [6, 6.07) is 2.07. The molecule has 0 unspecified atom stereocenters. The molecule has 28 heavy (non-hydrogen) atoms. The molecule has 0 radical (unpaired) electrons. The maximum Gasteiger partial charge on any atom is 0.236 e. The first-order chi connectivity index (χ1) is 13.7. The minimum Gasteiger partial charge on any atom is -0.379 e. The van der Waals surface area contributed by atoms with Crippen molar-refractivity contribution in [2.45, 2.75) is 25.7 Å². The van der Waals surface area contributed by atoms with Crippen molar-refractivity contribution >= 4 is 11.7 Å². The second kappa shape index (κ2) is 9.15. The van der Waals surface area contributed by atoms with Gasteiger partial charge in [-0.15, -0.1) is 0 Å². The zero-order valence-electron chi connectivity index (χ0n) is 16.8. The van der Waals surface area contributed by atoms with E-state index < -0.39 is 0 Å². The summed E-state index contributed by atoms with van der Waals surface area (Å²) in [5.41, 5.74) is 1.01. The van der Waals surface area contributed by atoms with Gasteiger partial charge in [-0.25, -0.2) is 9.97 Å². The standard InChI is InChI=1S/C20H31N5O3/c1-16-14-18(24-8-12-28-13-9-24)22-20(21-16)17-2-4-25(5-3-17)19(26)15-23-6-10-27-11-7-23/h14,17H,2-13,15H2,1H3. The van der Waals surface area contributed by atoms with Crippen molar-refractivity contribution in [2.24, 2.45) is 0 Å². The Morgan fingerprint density at radius 1 is 1.00 bits per heavy atom. The summed E-state index contributed by atoms with van der Waals surface area (Å²) in [4.78, 5) is 28.7. The second-order valence-corrected chi connectivity index (χ2v) is 7.87. The lowest BCUT2D eigenvalue weighted by Crippen LogP contribution is -2.47. The van der Waals surface area contributed by atoms with Crippen LogP contribution in [-0.4, -0.2) is 97.9 Å². The Morgan fingerprint density at radius 2 is 1.64 bits per heavy atom. The number of likely N-dealkylation sites (tertiary alicyclic amines) is 1. The van der Waals surface area contributed by atoms with Crippen molar-refractivity contribution in [1.29, 1.82) is 0 Å². The lowest BCUT2D eigenvalue weighted by molar-refractivity contribution is -0.134. The summed E-state index contributed by atoms with van der Waals surface area (Å²) in [5.74, 6) is 2.50. The molecule has 8 heteroatoms. The van der Waals surface area contributed by atoms with E-state index in [-0.39, 0.29) is 5.91 Å². The fraction of sp³-hybridized carbons (Fsp3) is 0.750. The highest BCUT2D eigenvalue weighted by atomic mass is 16.5. The molecule has 1 amide bonds. The Kier molecular flexibility index (Phi) is 6.39. The van der Waals surface area contributed by atoms with E-state index >= 15 is 0 Å². The van der Waals surface area contributed by atoms with Gasteiger partial charge in [0.2, 0.25) is 5.91 Å². The quantitative estimate of drug-likeness (QED) is 0.749. The minimum atomic E-state index is 0.236. The molecule has 4 rings (SSSR count). The van der Waals surface area contributed by atoms with E-state index in [1.807, 2.05) is 11.8 Å². The molecule has 4 heterocycles. The number of amides is 1. The predicted molar refractivity (Wildman–Crippen MR) is 106 cm³/mol. The average Bonchev–Trinajstić information content (AvgIpc) is 2.75. The van der Waals surface area contributed by atoms with Crippen LogP contribution in [-0.2, 0) is 14.3 Å². The average molecular weight is 390 g/mol.